The zero-order valence-corrected chi connectivity index (χ0v) is 17.0. The van der Waals surface area contributed by atoms with Gasteiger partial charge in [-0.05, 0) is 57.8 Å². The van der Waals surface area contributed by atoms with Crippen LogP contribution in [0.2, 0.25) is 0 Å². The number of halogens is 2. The van der Waals surface area contributed by atoms with Gasteiger partial charge in [-0.25, -0.2) is 8.78 Å². The summed E-state index contributed by atoms with van der Waals surface area (Å²) in [6.07, 6.45) is 0. The molecular weight excluding hydrogens is 428 g/mol. The van der Waals surface area contributed by atoms with Gasteiger partial charge in [0, 0.05) is 4.88 Å². The smallest absolute Gasteiger partial charge is 0.231 e. The largest absolute Gasteiger partial charge is 0.344 e. The fraction of sp³-hybridized carbons (Fsp3) is 0.100. The molecule has 4 rings (SSSR count). The Labute approximate surface area is 178 Å². The molecule has 10 heteroatoms. The van der Waals surface area contributed by atoms with Crippen LogP contribution in [-0.4, -0.2) is 31.9 Å². The number of carbonyl (C=O) groups excluding carboxylic acids is 1. The second-order valence-electron chi connectivity index (χ2n) is 6.21. The van der Waals surface area contributed by atoms with E-state index in [1.807, 2.05) is 17.5 Å². The summed E-state index contributed by atoms with van der Waals surface area (Å²) < 4.78 is 28.2. The van der Waals surface area contributed by atoms with E-state index in [1.165, 1.54) is 40.3 Å². The number of aromatic nitrogens is 4. The summed E-state index contributed by atoms with van der Waals surface area (Å²) in [4.78, 5) is 13.6. The van der Waals surface area contributed by atoms with E-state index in [-0.39, 0.29) is 17.5 Å². The molecule has 2 heterocycles. The van der Waals surface area contributed by atoms with Crippen LogP contribution in [0.3, 0.4) is 0 Å². The highest BCUT2D eigenvalue weighted by atomic mass is 32.2. The monoisotopic (exact) mass is 443 g/mol. The van der Waals surface area contributed by atoms with E-state index in [2.05, 4.69) is 20.8 Å². The van der Waals surface area contributed by atoms with E-state index in [4.69, 9.17) is 0 Å². The molecule has 0 aliphatic carbocycles. The third kappa shape index (κ3) is 4.71. The molecule has 2 aromatic carbocycles. The van der Waals surface area contributed by atoms with Crippen molar-refractivity contribution in [1.82, 2.24) is 25.5 Å². The maximum absolute atomic E-state index is 13.5. The van der Waals surface area contributed by atoms with Crippen LogP contribution < -0.4 is 5.32 Å². The van der Waals surface area contributed by atoms with Gasteiger partial charge in [0.15, 0.2) is 0 Å². The van der Waals surface area contributed by atoms with E-state index in [0.29, 0.717) is 10.8 Å². The summed E-state index contributed by atoms with van der Waals surface area (Å²) in [5, 5.41) is 16.7. The van der Waals surface area contributed by atoms with Crippen molar-refractivity contribution in [3.63, 3.8) is 0 Å². The lowest BCUT2D eigenvalue weighted by Gasteiger charge is -2.18. The third-order valence-corrected chi connectivity index (χ3v) is 6.02. The minimum absolute atomic E-state index is 0.0543. The van der Waals surface area contributed by atoms with Crippen LogP contribution >= 0.6 is 23.1 Å². The standard InChI is InChI=1S/C20H15F2N5OS2/c21-14-8-6-13(7-9-14)19(17-5-2-10-29-17)23-18(28)12-30-20-24-25-26-27(20)16-4-1-3-15(22)11-16/h1-11,19H,12H2,(H,23,28)/t19-/m1/s1. The highest BCUT2D eigenvalue weighted by molar-refractivity contribution is 7.99. The van der Waals surface area contributed by atoms with Gasteiger partial charge in [-0.2, -0.15) is 4.68 Å². The molecule has 152 valence electrons. The maximum atomic E-state index is 13.5. The number of thioether (sulfide) groups is 1. The lowest BCUT2D eigenvalue weighted by molar-refractivity contribution is -0.119. The van der Waals surface area contributed by atoms with Gasteiger partial charge >= 0.3 is 0 Å². The van der Waals surface area contributed by atoms with E-state index in [1.54, 1.807) is 24.3 Å². The van der Waals surface area contributed by atoms with Gasteiger partial charge in [0.1, 0.15) is 11.6 Å². The van der Waals surface area contributed by atoms with E-state index in [0.717, 1.165) is 22.2 Å². The van der Waals surface area contributed by atoms with E-state index >= 15 is 0 Å². The zero-order chi connectivity index (χ0) is 20.9. The Bertz CT molecular complexity index is 1130. The second kappa shape index (κ2) is 9.14. The number of hydrogen-bond donors (Lipinski definition) is 1. The van der Waals surface area contributed by atoms with Crippen LogP contribution in [-0.2, 0) is 4.79 Å². The molecule has 0 spiro atoms. The van der Waals surface area contributed by atoms with Gasteiger partial charge in [-0.3, -0.25) is 4.79 Å². The highest BCUT2D eigenvalue weighted by Crippen LogP contribution is 2.27. The van der Waals surface area contributed by atoms with Crippen molar-refractivity contribution >= 4 is 29.0 Å². The number of nitrogens with one attached hydrogen (secondary N) is 1. The molecule has 0 aliphatic heterocycles. The van der Waals surface area contributed by atoms with Gasteiger partial charge < -0.3 is 5.32 Å². The minimum Gasteiger partial charge on any atom is -0.344 e. The topological polar surface area (TPSA) is 72.7 Å². The van der Waals surface area contributed by atoms with Crippen LogP contribution in [0.15, 0.2) is 71.2 Å². The summed E-state index contributed by atoms with van der Waals surface area (Å²) in [6, 6.07) is 15.3. The number of carbonyl (C=O) groups is 1. The number of thiophene rings is 1. The second-order valence-corrected chi connectivity index (χ2v) is 8.13. The van der Waals surface area contributed by atoms with Gasteiger partial charge in [-0.1, -0.05) is 36.0 Å². The molecule has 1 amide bonds. The fourth-order valence-electron chi connectivity index (χ4n) is 2.80. The Kier molecular flexibility index (Phi) is 6.15. The highest BCUT2D eigenvalue weighted by Gasteiger charge is 2.19. The molecule has 0 saturated carbocycles. The quantitative estimate of drug-likeness (QED) is 0.437. The summed E-state index contributed by atoms with van der Waals surface area (Å²) in [6.45, 7) is 0. The first-order valence-electron chi connectivity index (χ1n) is 8.85. The first kappa shape index (κ1) is 20.2. The Balaban J connectivity index is 1.46. The van der Waals surface area contributed by atoms with Crippen molar-refractivity contribution in [3.05, 3.63) is 88.1 Å². The number of nitrogens with zero attached hydrogens (tertiary/aromatic N) is 4. The van der Waals surface area contributed by atoms with Crippen molar-refractivity contribution in [3.8, 4) is 5.69 Å². The van der Waals surface area contributed by atoms with Gasteiger partial charge in [-0.15, -0.1) is 16.4 Å². The molecule has 0 bridgehead atoms. The predicted molar refractivity (Wildman–Crippen MR) is 111 cm³/mol. The van der Waals surface area contributed by atoms with E-state index in [9.17, 15) is 13.6 Å². The molecule has 0 unspecified atom stereocenters. The molecule has 0 saturated heterocycles. The molecule has 1 N–H and O–H groups in total. The molecule has 0 radical (unpaired) electrons. The average molecular weight is 444 g/mol. The minimum atomic E-state index is -0.408. The number of rotatable bonds is 7. The maximum Gasteiger partial charge on any atom is 0.231 e. The van der Waals surface area contributed by atoms with Gasteiger partial charge in [0.05, 0.1) is 17.5 Å². The number of hydrogen-bond acceptors (Lipinski definition) is 6. The average Bonchev–Trinajstić information content (AvgIpc) is 3.43. The van der Waals surface area contributed by atoms with Gasteiger partial charge in [0.2, 0.25) is 11.1 Å². The Morgan fingerprint density at radius 1 is 1.10 bits per heavy atom. The first-order chi connectivity index (χ1) is 14.6. The zero-order valence-electron chi connectivity index (χ0n) is 15.4. The molecule has 1 atom stereocenters. The van der Waals surface area contributed by atoms with Crippen molar-refractivity contribution in [2.75, 3.05) is 5.75 Å². The lowest BCUT2D eigenvalue weighted by atomic mass is 10.1. The van der Waals surface area contributed by atoms with Crippen molar-refractivity contribution in [1.29, 1.82) is 0 Å². The summed E-state index contributed by atoms with van der Waals surface area (Å²) >= 11 is 2.64. The molecule has 30 heavy (non-hydrogen) atoms. The number of tetrazole rings is 1. The molecule has 6 nitrogen and oxygen atoms in total. The lowest BCUT2D eigenvalue weighted by Crippen LogP contribution is -2.30. The number of amides is 1. The molecule has 0 fully saturated rings. The Morgan fingerprint density at radius 3 is 2.67 bits per heavy atom. The summed E-state index contributed by atoms with van der Waals surface area (Å²) in [5.74, 6) is -0.931. The van der Waals surface area contributed by atoms with Crippen LogP contribution in [0.4, 0.5) is 8.78 Å². The molecular formula is C20H15F2N5OS2. The SMILES string of the molecule is O=C(CSc1nnnn1-c1cccc(F)c1)N[C@H](c1ccc(F)cc1)c1cccs1. The molecule has 0 aliphatic rings. The van der Waals surface area contributed by atoms with Crippen LogP contribution in [0.25, 0.3) is 5.69 Å². The first-order valence-corrected chi connectivity index (χ1v) is 10.7. The Hall–Kier alpha value is -3.11. The van der Waals surface area contributed by atoms with E-state index < -0.39 is 11.9 Å². The van der Waals surface area contributed by atoms with Crippen molar-refractivity contribution in [2.45, 2.75) is 11.2 Å². The number of benzene rings is 2. The predicted octanol–water partition coefficient (Wildman–Crippen LogP) is 4.00. The van der Waals surface area contributed by atoms with Crippen LogP contribution in [0, 0.1) is 11.6 Å². The fourth-order valence-corrected chi connectivity index (χ4v) is 4.31. The van der Waals surface area contributed by atoms with Gasteiger partial charge in [0.25, 0.3) is 0 Å². The third-order valence-electron chi connectivity index (χ3n) is 4.16. The summed E-state index contributed by atoms with van der Waals surface area (Å²) in [7, 11) is 0. The normalized spacial score (nSPS) is 11.9. The van der Waals surface area contributed by atoms with Crippen molar-refractivity contribution < 1.29 is 13.6 Å². The Morgan fingerprint density at radius 2 is 1.93 bits per heavy atom. The molecule has 4 aromatic rings. The summed E-state index contributed by atoms with van der Waals surface area (Å²) in [5.41, 5.74) is 1.24. The van der Waals surface area contributed by atoms with Crippen molar-refractivity contribution in [2.24, 2.45) is 0 Å². The molecule has 2 aromatic heterocycles. The van der Waals surface area contributed by atoms with Crippen LogP contribution in [0.5, 0.6) is 0 Å². The van der Waals surface area contributed by atoms with Crippen LogP contribution in [0.1, 0.15) is 16.5 Å².